The van der Waals surface area contributed by atoms with Crippen LogP contribution in [0.4, 0.5) is 0 Å². The van der Waals surface area contributed by atoms with E-state index in [0.717, 1.165) is 50.3 Å². The van der Waals surface area contributed by atoms with Crippen LogP contribution in [0, 0.1) is 17.8 Å². The summed E-state index contributed by atoms with van der Waals surface area (Å²) in [4.78, 5) is 14.3. The Balaban J connectivity index is 1.49. The fourth-order valence-electron chi connectivity index (χ4n) is 5.00. The molecule has 5 nitrogen and oxygen atoms in total. The van der Waals surface area contributed by atoms with Gasteiger partial charge >= 0.3 is 13.1 Å². The molecular weight excluding hydrogens is 376 g/mol. The van der Waals surface area contributed by atoms with Crippen molar-refractivity contribution in [2.24, 2.45) is 17.8 Å². The summed E-state index contributed by atoms with van der Waals surface area (Å²) in [6, 6.07) is 8.14. The van der Waals surface area contributed by atoms with Gasteiger partial charge < -0.3 is 20.1 Å². The molecule has 0 spiro atoms. The Bertz CT molecular complexity index is 634. The van der Waals surface area contributed by atoms with Gasteiger partial charge in [0.15, 0.2) is 0 Å². The van der Waals surface area contributed by atoms with Crippen molar-refractivity contribution in [2.45, 2.75) is 50.8 Å². The number of likely N-dealkylation sites (tertiary alicyclic amines) is 1. The number of nitrogens with zero attached hydrogens (tertiary/aromatic N) is 1. The molecule has 3 rings (SSSR count). The lowest BCUT2D eigenvalue weighted by atomic mass is 9.69. The van der Waals surface area contributed by atoms with Crippen LogP contribution in [0.2, 0.25) is 11.3 Å². The Morgan fingerprint density at radius 3 is 2.39 bits per heavy atom. The van der Waals surface area contributed by atoms with Gasteiger partial charge in [-0.15, -0.1) is 0 Å². The molecule has 1 aromatic rings. The van der Waals surface area contributed by atoms with Crippen LogP contribution in [0.3, 0.4) is 0 Å². The predicted molar refractivity (Wildman–Crippen MR) is 111 cm³/mol. The number of hydrogen-bond donors (Lipinski definition) is 3. The first kappa shape index (κ1) is 21.6. The van der Waals surface area contributed by atoms with Crippen molar-refractivity contribution in [1.29, 1.82) is 0 Å². The number of rotatable bonds is 7. The zero-order chi connectivity index (χ0) is 20.1. The van der Waals surface area contributed by atoms with Crippen molar-refractivity contribution in [3.8, 4) is 0 Å². The summed E-state index contributed by atoms with van der Waals surface area (Å²) in [6.07, 6.45) is 5.80. The van der Waals surface area contributed by atoms with Gasteiger partial charge in [-0.25, -0.2) is 0 Å². The first-order valence-corrected chi connectivity index (χ1v) is 10.9. The largest absolute Gasteiger partial charge is 0.481 e. The summed E-state index contributed by atoms with van der Waals surface area (Å²) in [5.41, 5.74) is 1.35. The lowest BCUT2D eigenvalue weighted by Crippen LogP contribution is -2.42. The molecule has 1 aliphatic carbocycles. The van der Waals surface area contributed by atoms with E-state index in [-0.39, 0.29) is 17.8 Å². The maximum Gasteiger partial charge on any atom is 0.451 e. The van der Waals surface area contributed by atoms with Gasteiger partial charge in [0.25, 0.3) is 0 Å². The average molecular weight is 408 g/mol. The van der Waals surface area contributed by atoms with Crippen LogP contribution in [-0.2, 0) is 4.79 Å². The smallest absolute Gasteiger partial charge is 0.451 e. The van der Waals surface area contributed by atoms with Crippen molar-refractivity contribution >= 4 is 24.7 Å². The minimum Gasteiger partial charge on any atom is -0.481 e. The molecule has 2 fully saturated rings. The third-order valence-electron chi connectivity index (χ3n) is 6.67. The van der Waals surface area contributed by atoms with Crippen LogP contribution in [0.1, 0.15) is 50.0 Å². The Hall–Kier alpha value is -1.08. The normalized spacial score (nSPS) is 26.9. The molecule has 154 valence electrons. The summed E-state index contributed by atoms with van der Waals surface area (Å²) >= 11 is 5.99. The Morgan fingerprint density at radius 2 is 1.79 bits per heavy atom. The van der Waals surface area contributed by atoms with Crippen LogP contribution in [0.5, 0.6) is 0 Å². The Morgan fingerprint density at radius 1 is 1.11 bits per heavy atom. The molecule has 3 unspecified atom stereocenters. The summed E-state index contributed by atoms with van der Waals surface area (Å²) in [5.74, 6) is 0.0259. The quantitative estimate of drug-likeness (QED) is 0.603. The third kappa shape index (κ3) is 5.96. The molecule has 0 bridgehead atoms. The van der Waals surface area contributed by atoms with E-state index >= 15 is 0 Å². The molecule has 1 aliphatic heterocycles. The highest BCUT2D eigenvalue weighted by Gasteiger charge is 2.36. The molecule has 2 aliphatic rings. The van der Waals surface area contributed by atoms with Gasteiger partial charge in [-0.3, -0.25) is 4.79 Å². The molecule has 7 heteroatoms. The molecule has 1 saturated heterocycles. The van der Waals surface area contributed by atoms with E-state index in [1.165, 1.54) is 5.56 Å². The minimum absolute atomic E-state index is 0.194. The number of carbonyl (C=O) groups is 1. The van der Waals surface area contributed by atoms with Crippen molar-refractivity contribution in [2.75, 3.05) is 19.6 Å². The van der Waals surface area contributed by atoms with Crippen molar-refractivity contribution in [3.05, 3.63) is 34.9 Å². The van der Waals surface area contributed by atoms with Gasteiger partial charge in [-0.2, -0.15) is 0 Å². The number of carboxylic acids is 1. The van der Waals surface area contributed by atoms with Gasteiger partial charge in [0, 0.05) is 11.6 Å². The molecule has 1 heterocycles. The van der Waals surface area contributed by atoms with Crippen molar-refractivity contribution in [3.63, 3.8) is 0 Å². The number of benzene rings is 1. The Kier molecular flexibility index (Phi) is 7.81. The SMILES string of the molecule is O=C(O)C1CC(CCB(O)O)CCC1CN1CCC(c2ccc(Cl)cc2)CC1. The van der Waals surface area contributed by atoms with Crippen molar-refractivity contribution < 1.29 is 19.9 Å². The van der Waals surface area contributed by atoms with Crippen LogP contribution >= 0.6 is 11.6 Å². The lowest BCUT2D eigenvalue weighted by molar-refractivity contribution is -0.146. The maximum atomic E-state index is 11.8. The standard InChI is InChI=1S/C21H31BClNO4/c23-19-5-3-16(4-6-19)17-8-11-24(12-9-17)14-18-2-1-15(7-10-22(27)28)13-20(18)21(25)26/h3-6,15,17-18,20,27-28H,1-2,7-14H2,(H,25,26). The van der Waals surface area contributed by atoms with Crippen LogP contribution in [0.15, 0.2) is 24.3 Å². The minimum atomic E-state index is -1.29. The summed E-state index contributed by atoms with van der Waals surface area (Å²) in [5, 5.41) is 28.6. The maximum absolute atomic E-state index is 11.8. The van der Waals surface area contributed by atoms with E-state index in [9.17, 15) is 9.90 Å². The molecule has 0 amide bonds. The highest BCUT2D eigenvalue weighted by molar-refractivity contribution is 6.40. The van der Waals surface area contributed by atoms with Gasteiger partial charge in [0.2, 0.25) is 0 Å². The number of carboxylic acid groups (broad SMARTS) is 1. The van der Waals surface area contributed by atoms with E-state index < -0.39 is 13.1 Å². The third-order valence-corrected chi connectivity index (χ3v) is 6.93. The first-order valence-electron chi connectivity index (χ1n) is 10.5. The molecule has 1 aromatic carbocycles. The van der Waals surface area contributed by atoms with Gasteiger partial charge in [0.1, 0.15) is 0 Å². The van der Waals surface area contributed by atoms with E-state index in [2.05, 4.69) is 17.0 Å². The second-order valence-electron chi connectivity index (χ2n) is 8.57. The molecule has 3 N–H and O–H groups in total. The van der Waals surface area contributed by atoms with Crippen molar-refractivity contribution in [1.82, 2.24) is 4.90 Å². The van der Waals surface area contributed by atoms with Gasteiger partial charge in [-0.1, -0.05) is 36.6 Å². The fraction of sp³-hybridized carbons (Fsp3) is 0.667. The molecule has 0 radical (unpaired) electrons. The molecule has 0 aromatic heterocycles. The molecule has 1 saturated carbocycles. The Labute approximate surface area is 172 Å². The van der Waals surface area contributed by atoms with E-state index in [1.54, 1.807) is 0 Å². The molecular formula is C21H31BClNO4. The molecule has 28 heavy (non-hydrogen) atoms. The topological polar surface area (TPSA) is 81.0 Å². The number of halogens is 1. The van der Waals surface area contributed by atoms with E-state index in [1.807, 2.05) is 12.1 Å². The number of aliphatic carboxylic acids is 1. The second-order valence-corrected chi connectivity index (χ2v) is 9.00. The zero-order valence-electron chi connectivity index (χ0n) is 16.3. The average Bonchev–Trinajstić information content (AvgIpc) is 2.68. The van der Waals surface area contributed by atoms with Gasteiger partial charge in [0.05, 0.1) is 5.92 Å². The monoisotopic (exact) mass is 407 g/mol. The van der Waals surface area contributed by atoms with Crippen LogP contribution in [0.25, 0.3) is 0 Å². The summed E-state index contributed by atoms with van der Waals surface area (Å²) < 4.78 is 0. The summed E-state index contributed by atoms with van der Waals surface area (Å²) in [7, 11) is -1.29. The van der Waals surface area contributed by atoms with Crippen LogP contribution < -0.4 is 0 Å². The van der Waals surface area contributed by atoms with E-state index in [4.69, 9.17) is 21.6 Å². The highest BCUT2D eigenvalue weighted by Crippen LogP contribution is 2.38. The number of piperidine rings is 1. The summed E-state index contributed by atoms with van der Waals surface area (Å²) in [6.45, 7) is 2.88. The fourth-order valence-corrected chi connectivity index (χ4v) is 5.13. The predicted octanol–water partition coefficient (Wildman–Crippen LogP) is 3.50. The van der Waals surface area contributed by atoms with E-state index in [0.29, 0.717) is 25.1 Å². The zero-order valence-corrected chi connectivity index (χ0v) is 17.1. The lowest BCUT2D eigenvalue weighted by Gasteiger charge is -2.39. The highest BCUT2D eigenvalue weighted by atomic mass is 35.5. The van der Waals surface area contributed by atoms with Gasteiger partial charge in [-0.05, 0) is 80.5 Å². The number of hydrogen-bond acceptors (Lipinski definition) is 4. The molecule has 3 atom stereocenters. The van der Waals surface area contributed by atoms with Crippen LogP contribution in [-0.4, -0.2) is 52.8 Å². The first-order chi connectivity index (χ1) is 13.4. The second kappa shape index (κ2) is 10.1.